The highest BCUT2D eigenvalue weighted by Gasteiger charge is 1.97. The summed E-state index contributed by atoms with van der Waals surface area (Å²) >= 11 is 5.22. The van der Waals surface area contributed by atoms with Crippen LogP contribution in [0.5, 0.6) is 0 Å². The summed E-state index contributed by atoms with van der Waals surface area (Å²) in [6.45, 7) is 2.99. The molecule has 1 heterocycles. The summed E-state index contributed by atoms with van der Waals surface area (Å²) in [4.78, 5) is 1.34. The lowest BCUT2D eigenvalue weighted by atomic mass is 10.2. The molecule has 1 aromatic heterocycles. The summed E-state index contributed by atoms with van der Waals surface area (Å²) in [7, 11) is 0. The highest BCUT2D eigenvalue weighted by atomic mass is 79.9. The number of hydrogen-bond acceptors (Lipinski definition) is 2. The maximum absolute atomic E-state index is 3.46. The minimum Gasteiger partial charge on any atom is -0.380 e. The minimum atomic E-state index is 0.888. The topological polar surface area (TPSA) is 12.0 Å². The van der Waals surface area contributed by atoms with Crippen LogP contribution in [0.2, 0.25) is 0 Å². The van der Waals surface area contributed by atoms with Gasteiger partial charge in [-0.1, -0.05) is 17.7 Å². The molecule has 1 nitrogen and oxygen atoms in total. The third-order valence-corrected chi connectivity index (χ3v) is 3.77. The van der Waals surface area contributed by atoms with Crippen LogP contribution >= 0.6 is 27.3 Å². The summed E-state index contributed by atoms with van der Waals surface area (Å²) in [6, 6.07) is 12.7. The molecule has 0 bridgehead atoms. The highest BCUT2D eigenvalue weighted by molar-refractivity contribution is 9.11. The molecular formula is C12H12BrNS. The molecule has 0 radical (unpaired) electrons. The Morgan fingerprint density at radius 2 is 1.87 bits per heavy atom. The summed E-state index contributed by atoms with van der Waals surface area (Å²) in [5, 5.41) is 3.39. The zero-order valence-electron chi connectivity index (χ0n) is 8.46. The van der Waals surface area contributed by atoms with E-state index in [2.05, 4.69) is 64.6 Å². The van der Waals surface area contributed by atoms with Gasteiger partial charge in [-0.05, 0) is 47.1 Å². The summed E-state index contributed by atoms with van der Waals surface area (Å²) in [6.07, 6.45) is 0. The van der Waals surface area contributed by atoms with E-state index in [0.717, 1.165) is 6.54 Å². The molecule has 2 aromatic rings. The van der Waals surface area contributed by atoms with Gasteiger partial charge in [0, 0.05) is 17.1 Å². The molecule has 1 aromatic carbocycles. The van der Waals surface area contributed by atoms with Gasteiger partial charge in [0.2, 0.25) is 0 Å². The molecule has 78 valence electrons. The van der Waals surface area contributed by atoms with E-state index >= 15 is 0 Å². The average molecular weight is 282 g/mol. The van der Waals surface area contributed by atoms with Crippen LogP contribution in [0.25, 0.3) is 0 Å². The van der Waals surface area contributed by atoms with Crippen molar-refractivity contribution in [1.29, 1.82) is 0 Å². The van der Waals surface area contributed by atoms with Crippen molar-refractivity contribution in [1.82, 2.24) is 0 Å². The molecular weight excluding hydrogens is 270 g/mol. The molecule has 2 rings (SSSR count). The molecule has 0 aliphatic carbocycles. The number of hydrogen-bond donors (Lipinski definition) is 1. The van der Waals surface area contributed by atoms with Gasteiger partial charge >= 0.3 is 0 Å². The van der Waals surface area contributed by atoms with E-state index < -0.39 is 0 Å². The number of halogens is 1. The maximum atomic E-state index is 3.46. The van der Waals surface area contributed by atoms with Crippen molar-refractivity contribution in [3.8, 4) is 0 Å². The fourth-order valence-corrected chi connectivity index (χ4v) is 2.73. The Morgan fingerprint density at radius 1 is 1.13 bits per heavy atom. The van der Waals surface area contributed by atoms with Crippen LogP contribution in [0.4, 0.5) is 5.69 Å². The lowest BCUT2D eigenvalue weighted by Crippen LogP contribution is -1.96. The van der Waals surface area contributed by atoms with Crippen LogP contribution in [-0.2, 0) is 6.54 Å². The molecule has 0 saturated carbocycles. The van der Waals surface area contributed by atoms with E-state index in [1.807, 2.05) is 0 Å². The summed E-state index contributed by atoms with van der Waals surface area (Å²) in [5.41, 5.74) is 2.46. The van der Waals surface area contributed by atoms with E-state index in [9.17, 15) is 0 Å². The van der Waals surface area contributed by atoms with Crippen LogP contribution in [0, 0.1) is 6.92 Å². The molecule has 0 unspecified atom stereocenters. The number of benzene rings is 1. The third-order valence-electron chi connectivity index (χ3n) is 2.15. The Bertz CT molecular complexity index is 433. The van der Waals surface area contributed by atoms with Crippen molar-refractivity contribution in [3.63, 3.8) is 0 Å². The Hall–Kier alpha value is -0.800. The highest BCUT2D eigenvalue weighted by Crippen LogP contribution is 2.22. The first kappa shape index (κ1) is 10.7. The van der Waals surface area contributed by atoms with E-state index in [1.165, 1.54) is 19.9 Å². The van der Waals surface area contributed by atoms with Gasteiger partial charge in [-0.2, -0.15) is 0 Å². The summed E-state index contributed by atoms with van der Waals surface area (Å²) in [5.74, 6) is 0. The molecule has 0 spiro atoms. The van der Waals surface area contributed by atoms with Crippen molar-refractivity contribution in [2.75, 3.05) is 5.32 Å². The molecule has 1 N–H and O–H groups in total. The number of aryl methyl sites for hydroxylation is 1. The first-order valence-corrected chi connectivity index (χ1v) is 6.40. The largest absolute Gasteiger partial charge is 0.380 e. The predicted molar refractivity (Wildman–Crippen MR) is 70.5 cm³/mol. The molecule has 0 fully saturated rings. The van der Waals surface area contributed by atoms with E-state index in [1.54, 1.807) is 11.3 Å². The van der Waals surface area contributed by atoms with Gasteiger partial charge in [-0.3, -0.25) is 0 Å². The fraction of sp³-hybridized carbons (Fsp3) is 0.167. The standard InChI is InChI=1S/C12H12BrNS/c1-9-2-4-10(5-3-9)14-8-11-6-7-12(13)15-11/h2-7,14H,8H2,1H3. The maximum Gasteiger partial charge on any atom is 0.0702 e. The third kappa shape index (κ3) is 3.08. The second-order valence-electron chi connectivity index (χ2n) is 3.43. The number of anilines is 1. The first-order valence-electron chi connectivity index (χ1n) is 4.79. The van der Waals surface area contributed by atoms with Gasteiger partial charge in [-0.25, -0.2) is 0 Å². The Labute approximate surface area is 102 Å². The van der Waals surface area contributed by atoms with Crippen LogP contribution < -0.4 is 5.32 Å². The molecule has 3 heteroatoms. The number of thiophene rings is 1. The number of nitrogens with one attached hydrogen (secondary N) is 1. The van der Waals surface area contributed by atoms with Gasteiger partial charge in [0.25, 0.3) is 0 Å². The first-order chi connectivity index (χ1) is 7.24. The predicted octanol–water partition coefficient (Wildman–Crippen LogP) is 4.43. The lowest BCUT2D eigenvalue weighted by Gasteiger charge is -2.04. The van der Waals surface area contributed by atoms with Gasteiger partial charge in [-0.15, -0.1) is 11.3 Å². The Morgan fingerprint density at radius 3 is 2.47 bits per heavy atom. The Balaban J connectivity index is 1.96. The van der Waals surface area contributed by atoms with Crippen LogP contribution in [0.15, 0.2) is 40.2 Å². The zero-order chi connectivity index (χ0) is 10.7. The minimum absolute atomic E-state index is 0.888. The lowest BCUT2D eigenvalue weighted by molar-refractivity contribution is 1.19. The second-order valence-corrected chi connectivity index (χ2v) is 5.97. The van der Waals surface area contributed by atoms with Crippen molar-refractivity contribution in [2.45, 2.75) is 13.5 Å². The molecule has 0 saturated heterocycles. The normalized spacial score (nSPS) is 10.3. The molecule has 0 atom stereocenters. The average Bonchev–Trinajstić information content (AvgIpc) is 2.64. The SMILES string of the molecule is Cc1ccc(NCc2ccc(Br)s2)cc1. The second kappa shape index (κ2) is 4.81. The summed E-state index contributed by atoms with van der Waals surface area (Å²) < 4.78 is 1.18. The molecule has 15 heavy (non-hydrogen) atoms. The van der Waals surface area contributed by atoms with Gasteiger partial charge in [0.05, 0.1) is 3.79 Å². The fourth-order valence-electron chi connectivity index (χ4n) is 1.31. The van der Waals surface area contributed by atoms with E-state index in [-0.39, 0.29) is 0 Å². The van der Waals surface area contributed by atoms with Crippen molar-refractivity contribution in [2.24, 2.45) is 0 Å². The van der Waals surface area contributed by atoms with Crippen molar-refractivity contribution in [3.05, 3.63) is 50.6 Å². The van der Waals surface area contributed by atoms with E-state index in [4.69, 9.17) is 0 Å². The van der Waals surface area contributed by atoms with Gasteiger partial charge in [0.1, 0.15) is 0 Å². The zero-order valence-corrected chi connectivity index (χ0v) is 10.9. The Kier molecular flexibility index (Phi) is 3.44. The van der Waals surface area contributed by atoms with Crippen molar-refractivity contribution >= 4 is 33.0 Å². The monoisotopic (exact) mass is 281 g/mol. The molecule has 0 aliphatic heterocycles. The van der Waals surface area contributed by atoms with Gasteiger partial charge < -0.3 is 5.32 Å². The van der Waals surface area contributed by atoms with Crippen LogP contribution in [0.1, 0.15) is 10.4 Å². The quantitative estimate of drug-likeness (QED) is 0.878. The van der Waals surface area contributed by atoms with Crippen LogP contribution in [0.3, 0.4) is 0 Å². The van der Waals surface area contributed by atoms with Gasteiger partial charge in [0.15, 0.2) is 0 Å². The smallest absolute Gasteiger partial charge is 0.0702 e. The van der Waals surface area contributed by atoms with Crippen LogP contribution in [-0.4, -0.2) is 0 Å². The molecule has 0 aliphatic rings. The van der Waals surface area contributed by atoms with Crippen molar-refractivity contribution < 1.29 is 0 Å². The molecule has 0 amide bonds. The number of rotatable bonds is 3. The van der Waals surface area contributed by atoms with E-state index in [0.29, 0.717) is 0 Å².